The molecule has 0 aliphatic rings. The number of aromatic amines is 1. The van der Waals surface area contributed by atoms with Gasteiger partial charge in [-0.1, -0.05) is 18.2 Å². The van der Waals surface area contributed by atoms with Gasteiger partial charge in [0.1, 0.15) is 16.9 Å². The van der Waals surface area contributed by atoms with Crippen molar-refractivity contribution in [3.05, 3.63) is 64.5 Å². The standard InChI is InChI=1S/C19H13N3O5/c1-26-11-6-7-15-10(8-11)9-13(19(25)27-15)17(23)22-21-16-12-4-2-3-5-14(12)20-18(16)24/h2-9,20,24H,1H3. The minimum absolute atomic E-state index is 0.116. The zero-order valence-corrected chi connectivity index (χ0v) is 14.1. The second-order valence-corrected chi connectivity index (χ2v) is 5.72. The molecule has 0 saturated heterocycles. The van der Waals surface area contributed by atoms with Crippen LogP contribution in [0.1, 0.15) is 10.4 Å². The van der Waals surface area contributed by atoms with Gasteiger partial charge in [-0.15, -0.1) is 10.2 Å². The van der Waals surface area contributed by atoms with E-state index in [1.54, 1.807) is 42.5 Å². The van der Waals surface area contributed by atoms with Gasteiger partial charge >= 0.3 is 11.5 Å². The molecule has 134 valence electrons. The Balaban J connectivity index is 1.74. The van der Waals surface area contributed by atoms with Crippen LogP contribution in [0.2, 0.25) is 0 Å². The molecule has 0 fully saturated rings. The fourth-order valence-corrected chi connectivity index (χ4v) is 2.74. The number of rotatable bonds is 3. The third-order valence-electron chi connectivity index (χ3n) is 4.07. The predicted molar refractivity (Wildman–Crippen MR) is 97.8 cm³/mol. The van der Waals surface area contributed by atoms with E-state index >= 15 is 0 Å². The lowest BCUT2D eigenvalue weighted by atomic mass is 10.1. The number of methoxy groups -OCH3 is 1. The number of aromatic nitrogens is 1. The number of hydrogen-bond acceptors (Lipinski definition) is 6. The van der Waals surface area contributed by atoms with Crippen molar-refractivity contribution in [2.24, 2.45) is 10.2 Å². The summed E-state index contributed by atoms with van der Waals surface area (Å²) in [5.74, 6) is -0.540. The number of azo groups is 1. The molecule has 8 heteroatoms. The number of hydrogen-bond donors (Lipinski definition) is 2. The van der Waals surface area contributed by atoms with Gasteiger partial charge in [-0.2, -0.15) is 0 Å². The first-order valence-corrected chi connectivity index (χ1v) is 7.94. The zero-order chi connectivity index (χ0) is 19.0. The highest BCUT2D eigenvalue weighted by molar-refractivity contribution is 5.98. The Hall–Kier alpha value is -3.94. The molecule has 8 nitrogen and oxygen atoms in total. The maximum Gasteiger partial charge on any atom is 0.349 e. The largest absolute Gasteiger partial charge is 0.497 e. The Labute approximate surface area is 151 Å². The first-order valence-electron chi connectivity index (χ1n) is 7.94. The summed E-state index contributed by atoms with van der Waals surface area (Å²) < 4.78 is 10.3. The summed E-state index contributed by atoms with van der Waals surface area (Å²) >= 11 is 0. The molecule has 0 saturated carbocycles. The normalized spacial score (nSPS) is 11.4. The first kappa shape index (κ1) is 16.5. The van der Waals surface area contributed by atoms with Crippen molar-refractivity contribution in [1.82, 2.24) is 4.98 Å². The molecule has 2 aromatic heterocycles. The lowest BCUT2D eigenvalue weighted by Gasteiger charge is -2.02. The summed E-state index contributed by atoms with van der Waals surface area (Å²) in [5, 5.41) is 18.5. The minimum atomic E-state index is -0.877. The molecule has 0 radical (unpaired) electrons. The minimum Gasteiger partial charge on any atom is -0.497 e. The number of nitrogens with one attached hydrogen (secondary N) is 1. The van der Waals surface area contributed by atoms with E-state index in [1.165, 1.54) is 13.2 Å². The third-order valence-corrected chi connectivity index (χ3v) is 4.07. The summed E-state index contributed by atoms with van der Waals surface area (Å²) in [6.07, 6.45) is 0. The molecule has 0 spiro atoms. The van der Waals surface area contributed by atoms with E-state index < -0.39 is 11.5 Å². The van der Waals surface area contributed by atoms with Gasteiger partial charge in [0.05, 0.1) is 12.6 Å². The average molecular weight is 363 g/mol. The molecule has 1 amide bonds. The summed E-state index contributed by atoms with van der Waals surface area (Å²) in [6, 6.07) is 13.3. The molecular formula is C19H13N3O5. The topological polar surface area (TPSA) is 117 Å². The van der Waals surface area contributed by atoms with Crippen molar-refractivity contribution in [2.75, 3.05) is 7.11 Å². The van der Waals surface area contributed by atoms with Gasteiger partial charge in [0, 0.05) is 10.8 Å². The van der Waals surface area contributed by atoms with Crippen LogP contribution in [0.15, 0.2) is 68.0 Å². The zero-order valence-electron chi connectivity index (χ0n) is 14.1. The SMILES string of the molecule is COc1ccc2oc(=O)c(C(=O)N=Nc3c(O)[nH]c4ccccc34)cc2c1. The van der Waals surface area contributed by atoms with E-state index in [1.807, 2.05) is 0 Å². The van der Waals surface area contributed by atoms with E-state index in [0.29, 0.717) is 27.6 Å². The van der Waals surface area contributed by atoms with Crippen LogP contribution < -0.4 is 10.4 Å². The quantitative estimate of drug-likeness (QED) is 0.423. The molecule has 4 aromatic rings. The van der Waals surface area contributed by atoms with Gasteiger partial charge in [-0.25, -0.2) is 4.79 Å². The molecule has 27 heavy (non-hydrogen) atoms. The molecule has 4 rings (SSSR count). The summed E-state index contributed by atoms with van der Waals surface area (Å²) in [4.78, 5) is 27.2. The van der Waals surface area contributed by atoms with E-state index in [4.69, 9.17) is 9.15 Å². The fraction of sp³-hybridized carbons (Fsp3) is 0.0526. The van der Waals surface area contributed by atoms with Crippen LogP contribution in [0, 0.1) is 0 Å². The number of carbonyl (C=O) groups excluding carboxylic acids is 1. The fourth-order valence-electron chi connectivity index (χ4n) is 2.74. The summed E-state index contributed by atoms with van der Waals surface area (Å²) in [5.41, 5.74) is 0.00155. The van der Waals surface area contributed by atoms with Crippen LogP contribution in [0.4, 0.5) is 5.69 Å². The van der Waals surface area contributed by atoms with Crippen molar-refractivity contribution in [1.29, 1.82) is 0 Å². The Morgan fingerprint density at radius 2 is 2.00 bits per heavy atom. The molecule has 0 aliphatic heterocycles. The summed E-state index contributed by atoms with van der Waals surface area (Å²) in [6.45, 7) is 0. The predicted octanol–water partition coefficient (Wildman–Crippen LogP) is 3.91. The van der Waals surface area contributed by atoms with Gasteiger partial charge in [0.25, 0.3) is 0 Å². The highest BCUT2D eigenvalue weighted by Crippen LogP contribution is 2.35. The first-order chi connectivity index (χ1) is 13.1. The van der Waals surface area contributed by atoms with E-state index in [2.05, 4.69) is 15.2 Å². The molecule has 0 aliphatic carbocycles. The average Bonchev–Trinajstić information content (AvgIpc) is 3.00. The smallest absolute Gasteiger partial charge is 0.349 e. The second kappa shape index (κ2) is 6.41. The van der Waals surface area contributed by atoms with Crippen molar-refractivity contribution in [3.8, 4) is 11.6 Å². The molecule has 2 heterocycles. The molecule has 2 N–H and O–H groups in total. The number of benzene rings is 2. The number of aromatic hydroxyl groups is 1. The lowest BCUT2D eigenvalue weighted by Crippen LogP contribution is -2.11. The van der Waals surface area contributed by atoms with Gasteiger partial charge in [-0.05, 0) is 30.3 Å². The van der Waals surface area contributed by atoms with E-state index in [0.717, 1.165) is 0 Å². The molecule has 2 aromatic carbocycles. The van der Waals surface area contributed by atoms with Gasteiger partial charge in [0.15, 0.2) is 5.69 Å². The Morgan fingerprint density at radius 3 is 2.81 bits per heavy atom. The van der Waals surface area contributed by atoms with Gasteiger partial charge < -0.3 is 19.2 Å². The number of H-pyrrole nitrogens is 1. The molecule has 0 unspecified atom stereocenters. The van der Waals surface area contributed by atoms with Crippen LogP contribution in [-0.2, 0) is 0 Å². The molecule has 0 atom stereocenters. The second-order valence-electron chi connectivity index (χ2n) is 5.72. The maximum atomic E-state index is 12.4. The maximum absolute atomic E-state index is 12.4. The van der Waals surface area contributed by atoms with Crippen molar-refractivity contribution < 1.29 is 19.1 Å². The van der Waals surface area contributed by atoms with Crippen LogP contribution in [0.5, 0.6) is 11.6 Å². The number of para-hydroxylation sites is 1. The Morgan fingerprint density at radius 1 is 1.19 bits per heavy atom. The van der Waals surface area contributed by atoms with Crippen molar-refractivity contribution in [3.63, 3.8) is 0 Å². The number of ether oxygens (including phenoxy) is 1. The highest BCUT2D eigenvalue weighted by Gasteiger charge is 2.15. The molecular weight excluding hydrogens is 350 g/mol. The molecule has 0 bridgehead atoms. The van der Waals surface area contributed by atoms with Gasteiger partial charge in [-0.3, -0.25) is 4.79 Å². The van der Waals surface area contributed by atoms with Crippen molar-refractivity contribution in [2.45, 2.75) is 0 Å². The van der Waals surface area contributed by atoms with E-state index in [-0.39, 0.29) is 17.1 Å². The van der Waals surface area contributed by atoms with Crippen LogP contribution in [-0.4, -0.2) is 23.1 Å². The highest BCUT2D eigenvalue weighted by atomic mass is 16.5. The number of nitrogens with zero attached hydrogens (tertiary/aromatic N) is 2. The summed E-state index contributed by atoms with van der Waals surface area (Å²) in [7, 11) is 1.51. The van der Waals surface area contributed by atoms with Crippen molar-refractivity contribution >= 4 is 33.5 Å². The van der Waals surface area contributed by atoms with Crippen LogP contribution in [0.3, 0.4) is 0 Å². The number of carbonyl (C=O) groups is 1. The lowest BCUT2D eigenvalue weighted by molar-refractivity contribution is 0.0991. The van der Waals surface area contributed by atoms with Crippen LogP contribution in [0.25, 0.3) is 21.9 Å². The number of amides is 1. The monoisotopic (exact) mass is 363 g/mol. The Kier molecular flexibility index (Phi) is 3.92. The Bertz CT molecular complexity index is 1270. The number of fused-ring (bicyclic) bond motifs is 2. The van der Waals surface area contributed by atoms with Gasteiger partial charge in [0.2, 0.25) is 5.88 Å². The third kappa shape index (κ3) is 2.93. The van der Waals surface area contributed by atoms with Crippen LogP contribution >= 0.6 is 0 Å². The van der Waals surface area contributed by atoms with E-state index in [9.17, 15) is 14.7 Å².